The van der Waals surface area contributed by atoms with E-state index in [2.05, 4.69) is 5.32 Å². The Hall–Kier alpha value is -0.870. The maximum atomic E-state index is 10.6. The van der Waals surface area contributed by atoms with Crippen molar-refractivity contribution in [2.24, 2.45) is 0 Å². The maximum absolute atomic E-state index is 10.6. The van der Waals surface area contributed by atoms with Crippen molar-refractivity contribution >= 4 is 35.0 Å². The van der Waals surface area contributed by atoms with Crippen LogP contribution in [0, 0.1) is 0 Å². The van der Waals surface area contributed by atoms with Gasteiger partial charge in [0.15, 0.2) is 0 Å². The number of nitrogens with two attached hydrogens (primary N) is 1. The van der Waals surface area contributed by atoms with Gasteiger partial charge in [0.25, 0.3) is 0 Å². The van der Waals surface area contributed by atoms with Gasteiger partial charge in [-0.1, -0.05) is 11.6 Å². The second-order valence-corrected chi connectivity index (χ2v) is 4.59. The lowest BCUT2D eigenvalue weighted by atomic mass is 10.3. The zero-order valence-electron chi connectivity index (χ0n) is 8.42. The lowest BCUT2D eigenvalue weighted by molar-refractivity contribution is -0.118. The number of hydrogen-bond acceptors (Lipinski definition) is 3. The van der Waals surface area contributed by atoms with E-state index in [1.807, 2.05) is 12.1 Å². The first kappa shape index (κ1) is 12.2. The van der Waals surface area contributed by atoms with E-state index in [-0.39, 0.29) is 5.91 Å². The highest BCUT2D eigenvalue weighted by molar-refractivity contribution is 7.99. The van der Waals surface area contributed by atoms with Crippen LogP contribution in [0.4, 0.5) is 5.69 Å². The Morgan fingerprint density at radius 3 is 2.93 bits per heavy atom. The van der Waals surface area contributed by atoms with Gasteiger partial charge < -0.3 is 11.1 Å². The van der Waals surface area contributed by atoms with E-state index >= 15 is 0 Å². The van der Waals surface area contributed by atoms with Crippen molar-refractivity contribution in [2.45, 2.75) is 11.8 Å². The zero-order chi connectivity index (χ0) is 11.3. The molecule has 3 nitrogen and oxygen atoms in total. The highest BCUT2D eigenvalue weighted by Crippen LogP contribution is 2.25. The molecule has 0 aliphatic heterocycles. The van der Waals surface area contributed by atoms with Gasteiger partial charge in [-0.15, -0.1) is 11.8 Å². The monoisotopic (exact) mass is 244 g/mol. The Bertz CT molecular complexity index is 357. The van der Waals surface area contributed by atoms with Gasteiger partial charge in [0.1, 0.15) is 0 Å². The second-order valence-electron chi connectivity index (χ2n) is 3.01. The number of nitrogens with one attached hydrogen (secondary N) is 1. The van der Waals surface area contributed by atoms with Crippen molar-refractivity contribution in [3.05, 3.63) is 23.2 Å². The number of carbonyl (C=O) groups excluding carboxylic acids is 1. The van der Waals surface area contributed by atoms with Crippen LogP contribution in [0.2, 0.25) is 5.02 Å². The van der Waals surface area contributed by atoms with E-state index in [4.69, 9.17) is 17.3 Å². The fourth-order valence-electron chi connectivity index (χ4n) is 0.994. The first-order chi connectivity index (χ1) is 7.09. The van der Waals surface area contributed by atoms with Crippen LogP contribution in [0.5, 0.6) is 0 Å². The van der Waals surface area contributed by atoms with Crippen LogP contribution < -0.4 is 11.1 Å². The summed E-state index contributed by atoms with van der Waals surface area (Å²) < 4.78 is 0. The van der Waals surface area contributed by atoms with E-state index < -0.39 is 0 Å². The molecule has 0 spiro atoms. The molecule has 1 amide bonds. The molecule has 0 aliphatic carbocycles. The molecule has 82 valence electrons. The summed E-state index contributed by atoms with van der Waals surface area (Å²) in [4.78, 5) is 11.7. The zero-order valence-corrected chi connectivity index (χ0v) is 9.99. The maximum Gasteiger partial charge on any atom is 0.216 e. The third-order valence-electron chi connectivity index (χ3n) is 1.72. The van der Waals surface area contributed by atoms with E-state index in [1.54, 1.807) is 17.8 Å². The Balaban J connectivity index is 2.38. The molecule has 15 heavy (non-hydrogen) atoms. The molecule has 0 heterocycles. The van der Waals surface area contributed by atoms with Gasteiger partial charge in [0.05, 0.1) is 10.7 Å². The molecule has 0 unspecified atom stereocenters. The Labute approximate surface area is 98.4 Å². The molecule has 0 fully saturated rings. The number of benzene rings is 1. The molecule has 0 saturated carbocycles. The van der Waals surface area contributed by atoms with Gasteiger partial charge in [-0.2, -0.15) is 0 Å². The van der Waals surface area contributed by atoms with Gasteiger partial charge in [0, 0.05) is 24.1 Å². The van der Waals surface area contributed by atoms with Crippen LogP contribution in [0.15, 0.2) is 23.1 Å². The summed E-state index contributed by atoms with van der Waals surface area (Å²) in [5, 5.41) is 3.29. The van der Waals surface area contributed by atoms with Gasteiger partial charge >= 0.3 is 0 Å². The molecule has 1 rings (SSSR count). The number of carbonyl (C=O) groups is 1. The minimum atomic E-state index is -0.00839. The van der Waals surface area contributed by atoms with E-state index in [9.17, 15) is 4.79 Å². The van der Waals surface area contributed by atoms with Crippen LogP contribution in [-0.4, -0.2) is 18.2 Å². The SMILES string of the molecule is CC(=O)NCCSc1ccc(N)c(Cl)c1. The number of rotatable bonds is 4. The predicted octanol–water partition coefficient (Wildman–Crippen LogP) is 2.15. The standard InChI is InChI=1S/C10H13ClN2OS/c1-7(14)13-4-5-15-8-2-3-10(12)9(11)6-8/h2-3,6H,4-5,12H2,1H3,(H,13,14). The quantitative estimate of drug-likeness (QED) is 0.485. The van der Waals surface area contributed by atoms with Gasteiger partial charge in [-0.3, -0.25) is 4.79 Å². The lowest BCUT2D eigenvalue weighted by Crippen LogP contribution is -2.22. The van der Waals surface area contributed by atoms with Crippen molar-refractivity contribution < 1.29 is 4.79 Å². The van der Waals surface area contributed by atoms with Crippen LogP contribution in [0.3, 0.4) is 0 Å². The topological polar surface area (TPSA) is 55.1 Å². The van der Waals surface area contributed by atoms with E-state index in [0.717, 1.165) is 10.6 Å². The molecule has 0 aromatic heterocycles. The normalized spacial score (nSPS) is 10.0. The van der Waals surface area contributed by atoms with Crippen LogP contribution >= 0.6 is 23.4 Å². The van der Waals surface area contributed by atoms with Crippen molar-refractivity contribution in [3.8, 4) is 0 Å². The molecule has 0 radical (unpaired) electrons. The highest BCUT2D eigenvalue weighted by atomic mass is 35.5. The fraction of sp³-hybridized carbons (Fsp3) is 0.300. The fourth-order valence-corrected chi connectivity index (χ4v) is 2.04. The summed E-state index contributed by atoms with van der Waals surface area (Å²) in [6.07, 6.45) is 0. The number of nitrogen functional groups attached to an aromatic ring is 1. The second kappa shape index (κ2) is 5.88. The highest BCUT2D eigenvalue weighted by Gasteiger charge is 1.99. The molecule has 1 aromatic rings. The number of thioether (sulfide) groups is 1. The average molecular weight is 245 g/mol. The minimum Gasteiger partial charge on any atom is -0.398 e. The third-order valence-corrected chi connectivity index (χ3v) is 3.04. The Kier molecular flexibility index (Phi) is 4.78. The van der Waals surface area contributed by atoms with Gasteiger partial charge in [-0.05, 0) is 18.2 Å². The van der Waals surface area contributed by atoms with Crippen molar-refractivity contribution in [3.63, 3.8) is 0 Å². The first-order valence-corrected chi connectivity index (χ1v) is 5.88. The average Bonchev–Trinajstić information content (AvgIpc) is 2.18. The summed E-state index contributed by atoms with van der Waals surface area (Å²) in [5.41, 5.74) is 6.17. The Morgan fingerprint density at radius 1 is 1.60 bits per heavy atom. The molecule has 0 aliphatic rings. The summed E-state index contributed by atoms with van der Waals surface area (Å²) in [6, 6.07) is 5.53. The molecule has 0 bridgehead atoms. The van der Waals surface area contributed by atoms with E-state index in [0.29, 0.717) is 17.3 Å². The third kappa shape index (κ3) is 4.44. The van der Waals surface area contributed by atoms with Crippen molar-refractivity contribution in [2.75, 3.05) is 18.0 Å². The van der Waals surface area contributed by atoms with Gasteiger partial charge in [0.2, 0.25) is 5.91 Å². The molecule has 5 heteroatoms. The first-order valence-electron chi connectivity index (χ1n) is 4.52. The van der Waals surface area contributed by atoms with Crippen LogP contribution in [-0.2, 0) is 4.79 Å². The Morgan fingerprint density at radius 2 is 2.33 bits per heavy atom. The smallest absolute Gasteiger partial charge is 0.216 e. The largest absolute Gasteiger partial charge is 0.398 e. The van der Waals surface area contributed by atoms with Crippen LogP contribution in [0.25, 0.3) is 0 Å². The van der Waals surface area contributed by atoms with Gasteiger partial charge in [-0.25, -0.2) is 0 Å². The number of anilines is 1. The van der Waals surface area contributed by atoms with Crippen LogP contribution in [0.1, 0.15) is 6.92 Å². The summed E-state index contributed by atoms with van der Waals surface area (Å²) >= 11 is 7.50. The summed E-state index contributed by atoms with van der Waals surface area (Å²) in [5.74, 6) is 0.811. The van der Waals surface area contributed by atoms with Crippen molar-refractivity contribution in [1.29, 1.82) is 0 Å². The molecule has 1 aromatic carbocycles. The molecule has 3 N–H and O–H groups in total. The summed E-state index contributed by atoms with van der Waals surface area (Å²) in [6.45, 7) is 2.16. The minimum absolute atomic E-state index is 0.00839. The number of hydrogen-bond donors (Lipinski definition) is 2. The molecule has 0 atom stereocenters. The number of halogens is 1. The number of amides is 1. The lowest BCUT2D eigenvalue weighted by Gasteiger charge is -2.04. The molecular weight excluding hydrogens is 232 g/mol. The van der Waals surface area contributed by atoms with E-state index in [1.165, 1.54) is 6.92 Å². The predicted molar refractivity (Wildman–Crippen MR) is 65.3 cm³/mol. The van der Waals surface area contributed by atoms with Crippen molar-refractivity contribution in [1.82, 2.24) is 5.32 Å². The molecular formula is C10H13ClN2OS. The molecule has 0 saturated heterocycles. The summed E-state index contributed by atoms with van der Waals surface area (Å²) in [7, 11) is 0.